The van der Waals surface area contributed by atoms with Crippen LogP contribution in [0.3, 0.4) is 0 Å². The van der Waals surface area contributed by atoms with Gasteiger partial charge >= 0.3 is 0 Å². The predicted molar refractivity (Wildman–Crippen MR) is 102 cm³/mol. The van der Waals surface area contributed by atoms with Crippen molar-refractivity contribution >= 4 is 29.3 Å². The van der Waals surface area contributed by atoms with Crippen molar-refractivity contribution in [1.82, 2.24) is 10.6 Å². The van der Waals surface area contributed by atoms with Crippen LogP contribution in [0.2, 0.25) is 0 Å². The topological polar surface area (TPSA) is 95.6 Å². The minimum absolute atomic E-state index is 0.143. The number of carbonyl (C=O) groups excluding carboxylic acids is 4. The lowest BCUT2D eigenvalue weighted by atomic mass is 10.1. The molecule has 0 aromatic heterocycles. The standard InChI is InChI=1S/C21H19N3O4/c25-18(24-10-4-3-6-13-5-1-2-7-17(13)24)12-22-19(26)14-8-9-15-16(11-14)21(28)23-20(15)27/h1-2,5,7-9,11H,3-4,6,10,12H2,(H,22,26)(H,23,27,28). The number of hydrogen-bond donors (Lipinski definition) is 2. The van der Waals surface area contributed by atoms with Crippen LogP contribution in [0.4, 0.5) is 5.69 Å². The molecule has 7 nitrogen and oxygen atoms in total. The summed E-state index contributed by atoms with van der Waals surface area (Å²) in [5.41, 5.74) is 2.68. The third-order valence-electron chi connectivity index (χ3n) is 5.06. The molecule has 0 spiro atoms. The van der Waals surface area contributed by atoms with Crippen LogP contribution in [0.15, 0.2) is 42.5 Å². The Kier molecular flexibility index (Phi) is 4.65. The molecule has 4 amide bonds. The van der Waals surface area contributed by atoms with Crippen molar-refractivity contribution in [2.24, 2.45) is 0 Å². The van der Waals surface area contributed by atoms with Gasteiger partial charge in [-0.25, -0.2) is 0 Å². The lowest BCUT2D eigenvalue weighted by molar-refractivity contribution is -0.117. The average molecular weight is 377 g/mol. The van der Waals surface area contributed by atoms with Crippen molar-refractivity contribution in [1.29, 1.82) is 0 Å². The second kappa shape index (κ2) is 7.26. The van der Waals surface area contributed by atoms with Crippen LogP contribution in [0.1, 0.15) is 49.5 Å². The van der Waals surface area contributed by atoms with Gasteiger partial charge in [0.1, 0.15) is 0 Å². The van der Waals surface area contributed by atoms with Crippen molar-refractivity contribution in [3.8, 4) is 0 Å². The van der Waals surface area contributed by atoms with Crippen LogP contribution in [0.25, 0.3) is 0 Å². The highest BCUT2D eigenvalue weighted by Gasteiger charge is 2.28. The Morgan fingerprint density at radius 2 is 1.79 bits per heavy atom. The lowest BCUT2D eigenvalue weighted by Crippen LogP contribution is -2.40. The van der Waals surface area contributed by atoms with Gasteiger partial charge < -0.3 is 10.2 Å². The van der Waals surface area contributed by atoms with E-state index in [-0.39, 0.29) is 29.1 Å². The third-order valence-corrected chi connectivity index (χ3v) is 5.06. The maximum absolute atomic E-state index is 12.7. The first kappa shape index (κ1) is 17.9. The Morgan fingerprint density at radius 1 is 1.00 bits per heavy atom. The summed E-state index contributed by atoms with van der Waals surface area (Å²) in [6.45, 7) is 0.474. The van der Waals surface area contributed by atoms with Crippen LogP contribution in [0.5, 0.6) is 0 Å². The monoisotopic (exact) mass is 377 g/mol. The van der Waals surface area contributed by atoms with Gasteiger partial charge in [0.15, 0.2) is 0 Å². The summed E-state index contributed by atoms with van der Waals surface area (Å²) in [7, 11) is 0. The van der Waals surface area contributed by atoms with E-state index in [0.29, 0.717) is 6.54 Å². The van der Waals surface area contributed by atoms with E-state index in [2.05, 4.69) is 10.6 Å². The lowest BCUT2D eigenvalue weighted by Gasteiger charge is -2.23. The molecule has 2 heterocycles. The van der Waals surface area contributed by atoms with Crippen LogP contribution in [-0.2, 0) is 11.2 Å². The minimum Gasteiger partial charge on any atom is -0.343 e. The van der Waals surface area contributed by atoms with Crippen molar-refractivity contribution in [3.05, 3.63) is 64.7 Å². The molecule has 0 bridgehead atoms. The van der Waals surface area contributed by atoms with Gasteiger partial charge in [-0.05, 0) is 49.1 Å². The zero-order chi connectivity index (χ0) is 19.7. The fourth-order valence-electron chi connectivity index (χ4n) is 3.61. The summed E-state index contributed by atoms with van der Waals surface area (Å²) in [5.74, 6) is -1.64. The quantitative estimate of drug-likeness (QED) is 0.796. The van der Waals surface area contributed by atoms with Crippen molar-refractivity contribution in [3.63, 3.8) is 0 Å². The Labute approximate surface area is 161 Å². The highest BCUT2D eigenvalue weighted by molar-refractivity contribution is 6.22. The summed E-state index contributed by atoms with van der Waals surface area (Å²) in [5, 5.41) is 4.80. The van der Waals surface area contributed by atoms with E-state index in [1.165, 1.54) is 18.2 Å². The molecule has 0 atom stereocenters. The molecule has 0 saturated heterocycles. The fourth-order valence-corrected chi connectivity index (χ4v) is 3.61. The van der Waals surface area contributed by atoms with E-state index in [4.69, 9.17) is 0 Å². The molecule has 2 aromatic carbocycles. The van der Waals surface area contributed by atoms with E-state index in [1.807, 2.05) is 24.3 Å². The van der Waals surface area contributed by atoms with Crippen molar-refractivity contribution in [2.45, 2.75) is 19.3 Å². The Bertz CT molecular complexity index is 999. The fraction of sp³-hybridized carbons (Fsp3) is 0.238. The number of benzene rings is 2. The number of anilines is 1. The minimum atomic E-state index is -0.521. The number of rotatable bonds is 3. The molecule has 0 saturated carbocycles. The molecule has 142 valence electrons. The summed E-state index contributed by atoms with van der Waals surface area (Å²) in [6, 6.07) is 12.1. The molecule has 2 N–H and O–H groups in total. The molecule has 2 aliphatic rings. The number of amides is 4. The average Bonchev–Trinajstić information content (AvgIpc) is 2.87. The summed E-state index contributed by atoms with van der Waals surface area (Å²) >= 11 is 0. The normalized spacial score (nSPS) is 15.4. The Morgan fingerprint density at radius 3 is 2.64 bits per heavy atom. The third kappa shape index (κ3) is 3.26. The number of carbonyl (C=O) groups is 4. The molecule has 4 rings (SSSR count). The van der Waals surface area contributed by atoms with Crippen LogP contribution in [-0.4, -0.2) is 36.7 Å². The number of aryl methyl sites for hydroxylation is 1. The zero-order valence-corrected chi connectivity index (χ0v) is 15.2. The van der Waals surface area contributed by atoms with Gasteiger partial charge in [0, 0.05) is 17.8 Å². The van der Waals surface area contributed by atoms with Crippen molar-refractivity contribution in [2.75, 3.05) is 18.0 Å². The largest absolute Gasteiger partial charge is 0.343 e. The molecule has 2 aliphatic heterocycles. The molecule has 2 aromatic rings. The first-order chi connectivity index (χ1) is 13.5. The first-order valence-corrected chi connectivity index (χ1v) is 9.21. The highest BCUT2D eigenvalue weighted by atomic mass is 16.2. The highest BCUT2D eigenvalue weighted by Crippen LogP contribution is 2.26. The summed E-state index contributed by atoms with van der Waals surface area (Å²) in [6.07, 6.45) is 2.85. The van der Waals surface area contributed by atoms with Crippen LogP contribution < -0.4 is 15.5 Å². The number of nitrogens with zero attached hydrogens (tertiary/aromatic N) is 1. The molecule has 0 aliphatic carbocycles. The Hall–Kier alpha value is -3.48. The van der Waals surface area contributed by atoms with Crippen LogP contribution in [0, 0.1) is 0 Å². The van der Waals surface area contributed by atoms with Gasteiger partial charge in [0.25, 0.3) is 17.7 Å². The smallest absolute Gasteiger partial charge is 0.258 e. The van der Waals surface area contributed by atoms with E-state index in [0.717, 1.165) is 30.5 Å². The molecule has 28 heavy (non-hydrogen) atoms. The van der Waals surface area contributed by atoms with Crippen molar-refractivity contribution < 1.29 is 19.2 Å². The number of nitrogens with one attached hydrogen (secondary N) is 2. The number of para-hydroxylation sites is 1. The predicted octanol–water partition coefficient (Wildman–Crippen LogP) is 1.67. The molecular weight excluding hydrogens is 358 g/mol. The number of fused-ring (bicyclic) bond motifs is 2. The van der Waals surface area contributed by atoms with Gasteiger partial charge in [-0.3, -0.25) is 24.5 Å². The van der Waals surface area contributed by atoms with E-state index >= 15 is 0 Å². The zero-order valence-electron chi connectivity index (χ0n) is 15.2. The molecule has 0 unspecified atom stereocenters. The molecular formula is C21H19N3O4. The molecule has 0 fully saturated rings. The van der Waals surface area contributed by atoms with Gasteiger partial charge in [-0.2, -0.15) is 0 Å². The van der Waals surface area contributed by atoms with Gasteiger partial charge in [-0.1, -0.05) is 18.2 Å². The van der Waals surface area contributed by atoms with Crippen LogP contribution >= 0.6 is 0 Å². The maximum Gasteiger partial charge on any atom is 0.258 e. The molecule has 7 heteroatoms. The number of hydrogen-bond acceptors (Lipinski definition) is 4. The molecule has 0 radical (unpaired) electrons. The van der Waals surface area contributed by atoms with Gasteiger partial charge in [0.05, 0.1) is 17.7 Å². The summed E-state index contributed by atoms with van der Waals surface area (Å²) in [4.78, 5) is 50.2. The second-order valence-corrected chi connectivity index (χ2v) is 6.86. The van der Waals surface area contributed by atoms with Gasteiger partial charge in [0.2, 0.25) is 5.91 Å². The first-order valence-electron chi connectivity index (χ1n) is 9.21. The SMILES string of the molecule is O=C(NCC(=O)N1CCCCc2ccccc21)c1ccc2c(c1)C(=O)NC2=O. The van der Waals surface area contributed by atoms with E-state index in [1.54, 1.807) is 4.90 Å². The van der Waals surface area contributed by atoms with E-state index in [9.17, 15) is 19.2 Å². The number of imide groups is 1. The summed E-state index contributed by atoms with van der Waals surface area (Å²) < 4.78 is 0. The maximum atomic E-state index is 12.7. The Balaban J connectivity index is 1.46. The van der Waals surface area contributed by atoms with Gasteiger partial charge in [-0.15, -0.1) is 0 Å². The van der Waals surface area contributed by atoms with E-state index < -0.39 is 17.7 Å². The second-order valence-electron chi connectivity index (χ2n) is 6.86.